The van der Waals surface area contributed by atoms with Crippen LogP contribution in [-0.2, 0) is 9.59 Å². The van der Waals surface area contributed by atoms with Crippen molar-refractivity contribution in [1.82, 2.24) is 4.90 Å². The number of anilines is 1. The van der Waals surface area contributed by atoms with Crippen molar-refractivity contribution in [1.29, 1.82) is 0 Å². The predicted molar refractivity (Wildman–Crippen MR) is 77.1 cm³/mol. The zero-order chi connectivity index (χ0) is 14.2. The lowest BCUT2D eigenvalue weighted by Gasteiger charge is -2.18. The third-order valence-corrected chi connectivity index (χ3v) is 4.41. The summed E-state index contributed by atoms with van der Waals surface area (Å²) in [5.41, 5.74) is 6.14. The van der Waals surface area contributed by atoms with Gasteiger partial charge in [-0.3, -0.25) is 14.5 Å². The van der Waals surface area contributed by atoms with Gasteiger partial charge in [0.05, 0.1) is 16.0 Å². The van der Waals surface area contributed by atoms with Crippen molar-refractivity contribution in [2.24, 2.45) is 0 Å². The molecule has 1 aliphatic heterocycles. The molecule has 1 heterocycles. The van der Waals surface area contributed by atoms with Crippen LogP contribution in [0.4, 0.5) is 5.69 Å². The van der Waals surface area contributed by atoms with Crippen LogP contribution in [0.25, 0.3) is 0 Å². The number of nitrogen functional groups attached to an aromatic ring is 1. The summed E-state index contributed by atoms with van der Waals surface area (Å²) in [5.74, 6) is -0.239. The van der Waals surface area contributed by atoms with Crippen LogP contribution in [0.3, 0.4) is 0 Å². The maximum atomic E-state index is 12.1. The van der Waals surface area contributed by atoms with Crippen LogP contribution in [0.1, 0.15) is 20.3 Å². The quantitative estimate of drug-likeness (QED) is 0.688. The fraction of sp³-hybridized carbons (Fsp3) is 0.385. The smallest absolute Gasteiger partial charge is 0.243 e. The lowest BCUT2D eigenvalue weighted by atomic mass is 10.3. The Balaban J connectivity index is 2.14. The van der Waals surface area contributed by atoms with Gasteiger partial charge in [0.25, 0.3) is 0 Å². The van der Waals surface area contributed by atoms with E-state index in [9.17, 15) is 9.59 Å². The zero-order valence-corrected chi connectivity index (χ0v) is 12.3. The molecule has 1 atom stereocenters. The third-order valence-electron chi connectivity index (χ3n) is 2.91. The van der Waals surface area contributed by atoms with E-state index in [0.717, 1.165) is 4.90 Å². The number of rotatable bonds is 3. The minimum absolute atomic E-state index is 0.0967. The van der Waals surface area contributed by atoms with Gasteiger partial charge in [0.2, 0.25) is 11.8 Å². The number of thioether (sulfide) groups is 1. The van der Waals surface area contributed by atoms with Crippen molar-refractivity contribution in [3.63, 3.8) is 0 Å². The number of likely N-dealkylation sites (tertiary alicyclic amines) is 1. The molecule has 19 heavy (non-hydrogen) atoms. The molecule has 0 bridgehead atoms. The Morgan fingerprint density at radius 2 is 2.11 bits per heavy atom. The maximum absolute atomic E-state index is 12.1. The molecule has 0 saturated carbocycles. The number of carbonyl (C=O) groups excluding carboxylic acids is 2. The number of carbonyl (C=O) groups is 2. The van der Waals surface area contributed by atoms with Gasteiger partial charge in [-0.15, -0.1) is 11.8 Å². The van der Waals surface area contributed by atoms with Gasteiger partial charge in [0.1, 0.15) is 0 Å². The van der Waals surface area contributed by atoms with Gasteiger partial charge >= 0.3 is 0 Å². The van der Waals surface area contributed by atoms with E-state index in [1.165, 1.54) is 16.7 Å². The van der Waals surface area contributed by atoms with E-state index in [0.29, 0.717) is 10.7 Å². The van der Waals surface area contributed by atoms with Crippen molar-refractivity contribution in [2.45, 2.75) is 36.5 Å². The molecule has 4 nitrogen and oxygen atoms in total. The highest BCUT2D eigenvalue weighted by Gasteiger charge is 2.40. The lowest BCUT2D eigenvalue weighted by Crippen LogP contribution is -2.37. The van der Waals surface area contributed by atoms with Crippen molar-refractivity contribution in [3.8, 4) is 0 Å². The number of nitrogens with two attached hydrogens (primary N) is 1. The average Bonchev–Trinajstić information content (AvgIpc) is 2.59. The van der Waals surface area contributed by atoms with E-state index in [1.807, 2.05) is 19.9 Å². The van der Waals surface area contributed by atoms with Crippen molar-refractivity contribution in [3.05, 3.63) is 23.2 Å². The van der Waals surface area contributed by atoms with Gasteiger partial charge in [-0.1, -0.05) is 11.6 Å². The van der Waals surface area contributed by atoms with Crippen LogP contribution in [0.5, 0.6) is 0 Å². The van der Waals surface area contributed by atoms with Crippen molar-refractivity contribution in [2.75, 3.05) is 5.73 Å². The zero-order valence-electron chi connectivity index (χ0n) is 10.7. The van der Waals surface area contributed by atoms with Crippen LogP contribution >= 0.6 is 23.4 Å². The number of benzene rings is 1. The first kappa shape index (κ1) is 14.2. The van der Waals surface area contributed by atoms with Crippen LogP contribution in [0.15, 0.2) is 23.1 Å². The molecular weight excluding hydrogens is 284 g/mol. The molecule has 6 heteroatoms. The molecule has 1 unspecified atom stereocenters. The topological polar surface area (TPSA) is 63.4 Å². The summed E-state index contributed by atoms with van der Waals surface area (Å²) in [6, 6.07) is 5.13. The first-order chi connectivity index (χ1) is 8.90. The Labute approximate surface area is 121 Å². The summed E-state index contributed by atoms with van der Waals surface area (Å²) in [6.07, 6.45) is 0.240. The summed E-state index contributed by atoms with van der Waals surface area (Å²) >= 11 is 7.30. The highest BCUT2D eigenvalue weighted by molar-refractivity contribution is 8.00. The van der Waals surface area contributed by atoms with Gasteiger partial charge in [0.15, 0.2) is 0 Å². The molecule has 1 aromatic rings. The second-order valence-corrected chi connectivity index (χ2v) is 6.37. The Hall–Kier alpha value is -1.20. The molecule has 2 rings (SSSR count). The molecule has 1 saturated heterocycles. The Morgan fingerprint density at radius 3 is 2.63 bits per heavy atom. The van der Waals surface area contributed by atoms with Gasteiger partial charge < -0.3 is 5.73 Å². The number of hydrogen-bond donors (Lipinski definition) is 1. The molecule has 0 aliphatic carbocycles. The Morgan fingerprint density at radius 1 is 1.42 bits per heavy atom. The predicted octanol–water partition coefficient (Wildman–Crippen LogP) is 2.55. The highest BCUT2D eigenvalue weighted by Crippen LogP contribution is 2.34. The molecule has 0 radical (unpaired) electrons. The molecule has 0 aromatic heterocycles. The highest BCUT2D eigenvalue weighted by atomic mass is 35.5. The number of imide groups is 1. The minimum Gasteiger partial charge on any atom is -0.398 e. The first-order valence-electron chi connectivity index (χ1n) is 5.97. The number of nitrogens with zero attached hydrogens (tertiary/aromatic N) is 1. The molecule has 1 aliphatic rings. The summed E-state index contributed by atoms with van der Waals surface area (Å²) in [4.78, 5) is 26.1. The second kappa shape index (κ2) is 5.43. The van der Waals surface area contributed by atoms with Crippen molar-refractivity contribution < 1.29 is 9.59 Å². The Bertz CT molecular complexity index is 533. The van der Waals surface area contributed by atoms with E-state index >= 15 is 0 Å². The van der Waals surface area contributed by atoms with Gasteiger partial charge in [-0.2, -0.15) is 0 Å². The van der Waals surface area contributed by atoms with Crippen LogP contribution < -0.4 is 5.73 Å². The number of amides is 2. The summed E-state index contributed by atoms with van der Waals surface area (Å²) in [5, 5.41) is 0.0945. The summed E-state index contributed by atoms with van der Waals surface area (Å²) in [6.45, 7) is 3.67. The molecule has 0 spiro atoms. The van der Waals surface area contributed by atoms with E-state index in [4.69, 9.17) is 17.3 Å². The van der Waals surface area contributed by atoms with Gasteiger partial charge in [-0.25, -0.2) is 0 Å². The molecule has 2 amide bonds. The van der Waals surface area contributed by atoms with Crippen molar-refractivity contribution >= 4 is 40.9 Å². The minimum atomic E-state index is -0.366. The van der Waals surface area contributed by atoms with Gasteiger partial charge in [-0.05, 0) is 32.0 Å². The van der Waals surface area contributed by atoms with E-state index in [1.54, 1.807) is 12.1 Å². The normalized spacial score (nSPS) is 19.6. The van der Waals surface area contributed by atoms with E-state index < -0.39 is 0 Å². The molecular formula is C13H15ClN2O2S. The average molecular weight is 299 g/mol. The van der Waals surface area contributed by atoms with Crippen LogP contribution in [-0.4, -0.2) is 28.0 Å². The summed E-state index contributed by atoms with van der Waals surface area (Å²) < 4.78 is 0. The lowest BCUT2D eigenvalue weighted by molar-refractivity contribution is -0.140. The SMILES string of the molecule is CC(C)N1C(=O)CC(Sc2ccc(N)c(Cl)c2)C1=O. The van der Waals surface area contributed by atoms with E-state index in [2.05, 4.69) is 0 Å². The number of halogens is 1. The maximum Gasteiger partial charge on any atom is 0.243 e. The molecule has 2 N–H and O–H groups in total. The fourth-order valence-corrected chi connectivity index (χ4v) is 3.35. The Kier molecular flexibility index (Phi) is 4.06. The number of hydrogen-bond acceptors (Lipinski definition) is 4. The third kappa shape index (κ3) is 2.87. The van der Waals surface area contributed by atoms with Crippen LogP contribution in [0.2, 0.25) is 5.02 Å². The monoisotopic (exact) mass is 298 g/mol. The molecule has 1 fully saturated rings. The second-order valence-electron chi connectivity index (χ2n) is 4.69. The van der Waals surface area contributed by atoms with Crippen LogP contribution in [0, 0.1) is 0 Å². The largest absolute Gasteiger partial charge is 0.398 e. The fourth-order valence-electron chi connectivity index (χ4n) is 2.00. The first-order valence-corrected chi connectivity index (χ1v) is 7.23. The van der Waals surface area contributed by atoms with Gasteiger partial charge in [0, 0.05) is 17.4 Å². The molecule has 1 aromatic carbocycles. The standard InChI is InChI=1S/C13H15ClN2O2S/c1-7(2)16-12(17)6-11(13(16)18)19-8-3-4-10(15)9(14)5-8/h3-5,7,11H,6,15H2,1-2H3. The summed E-state index contributed by atoms with van der Waals surface area (Å²) in [7, 11) is 0. The molecule has 102 valence electrons. The van der Waals surface area contributed by atoms with E-state index in [-0.39, 0.29) is 29.5 Å².